The van der Waals surface area contributed by atoms with Gasteiger partial charge in [0.1, 0.15) is 8.24 Å². The molecule has 0 rings (SSSR count). The molecule has 0 heterocycles. The van der Waals surface area contributed by atoms with Crippen molar-refractivity contribution in [3.05, 3.63) is 0 Å². The van der Waals surface area contributed by atoms with Gasteiger partial charge in [-0.25, -0.2) is 0 Å². The van der Waals surface area contributed by atoms with Crippen LogP contribution in [-0.4, -0.2) is 15.3 Å². The van der Waals surface area contributed by atoms with Crippen LogP contribution in [0.2, 0.25) is 17.6 Å². The molecule has 0 aromatic rings. The molecule has 10 heavy (non-hydrogen) atoms. The van der Waals surface area contributed by atoms with Gasteiger partial charge in [-0.3, -0.25) is 0 Å². The molecule has 2 heteroatoms. The van der Waals surface area contributed by atoms with E-state index in [1.54, 1.807) is 0 Å². The van der Waals surface area contributed by atoms with E-state index in [2.05, 4.69) is 46.3 Å². The Kier molecular flexibility index (Phi) is 3.11. The van der Waals surface area contributed by atoms with E-state index in [9.17, 15) is 0 Å². The van der Waals surface area contributed by atoms with Gasteiger partial charge in [-0.1, -0.05) is 34.2 Å². The summed E-state index contributed by atoms with van der Waals surface area (Å²) in [4.78, 5) is 3.51. The van der Waals surface area contributed by atoms with Gasteiger partial charge in [0, 0.05) is 0 Å². The summed E-state index contributed by atoms with van der Waals surface area (Å²) in [6.45, 7) is 11.7. The molecule has 1 unspecified atom stereocenters. The minimum absolute atomic E-state index is 0.483. The minimum Gasteiger partial charge on any atom is -0.340 e. The highest BCUT2D eigenvalue weighted by Gasteiger charge is 2.36. The third-order valence-electron chi connectivity index (χ3n) is 2.91. The fraction of sp³-hybridized carbons (Fsp3) is 1.00. The van der Waals surface area contributed by atoms with Crippen molar-refractivity contribution in [2.45, 2.75) is 45.3 Å². The third kappa shape index (κ3) is 1.83. The number of nitrogens with one attached hydrogen (secondary N) is 1. The fourth-order valence-electron chi connectivity index (χ4n) is 1.08. The predicted molar refractivity (Wildman–Crippen MR) is 50.9 cm³/mol. The number of hydrogen-bond acceptors (Lipinski definition) is 1. The smallest absolute Gasteiger partial charge is 0.127 e. The second-order valence-corrected chi connectivity index (χ2v) is 9.56. The molecule has 1 N–H and O–H groups in total. The second kappa shape index (κ2) is 3.05. The number of hydrogen-bond donors (Lipinski definition) is 1. The van der Waals surface area contributed by atoms with Crippen molar-refractivity contribution in [3.63, 3.8) is 0 Å². The van der Waals surface area contributed by atoms with E-state index in [1.807, 2.05) is 0 Å². The summed E-state index contributed by atoms with van der Waals surface area (Å²) in [5.41, 5.74) is 0. The lowest BCUT2D eigenvalue weighted by molar-refractivity contribution is 0.691. The quantitative estimate of drug-likeness (QED) is 0.611. The maximum absolute atomic E-state index is 3.51. The highest BCUT2D eigenvalue weighted by Crippen LogP contribution is 2.35. The molecule has 0 saturated carbocycles. The highest BCUT2D eigenvalue weighted by atomic mass is 28.3. The Hall–Kier alpha value is 0.177. The SMILES string of the molecule is CC[Si](C)(NC)C(C)(C)C. The molecule has 0 radical (unpaired) electrons. The van der Waals surface area contributed by atoms with Crippen molar-refractivity contribution in [1.29, 1.82) is 0 Å². The van der Waals surface area contributed by atoms with Crippen LogP contribution in [0, 0.1) is 0 Å². The lowest BCUT2D eigenvalue weighted by Crippen LogP contribution is -2.52. The summed E-state index contributed by atoms with van der Waals surface area (Å²) in [6, 6.07) is 1.31. The van der Waals surface area contributed by atoms with Gasteiger partial charge in [-0.05, 0) is 18.1 Å². The van der Waals surface area contributed by atoms with E-state index in [-0.39, 0.29) is 0 Å². The second-order valence-electron chi connectivity index (χ2n) is 4.19. The fourth-order valence-corrected chi connectivity index (χ4v) is 3.25. The standard InChI is InChI=1S/C8H21NSi/c1-7-10(6,9-5)8(2,3)4/h9H,7H2,1-6H3. The Labute approximate surface area is 66.3 Å². The van der Waals surface area contributed by atoms with Gasteiger partial charge in [0.05, 0.1) is 0 Å². The van der Waals surface area contributed by atoms with Gasteiger partial charge < -0.3 is 4.98 Å². The average Bonchev–Trinajstić information content (AvgIpc) is 1.84. The van der Waals surface area contributed by atoms with E-state index in [1.165, 1.54) is 6.04 Å². The van der Waals surface area contributed by atoms with Crippen LogP contribution in [0.15, 0.2) is 0 Å². The zero-order valence-corrected chi connectivity index (χ0v) is 9.21. The Bertz CT molecular complexity index is 100. The van der Waals surface area contributed by atoms with Gasteiger partial charge in [0.25, 0.3) is 0 Å². The molecule has 0 fully saturated rings. The van der Waals surface area contributed by atoms with Crippen LogP contribution < -0.4 is 4.98 Å². The summed E-state index contributed by atoms with van der Waals surface area (Å²) in [5.74, 6) is 0. The van der Waals surface area contributed by atoms with Gasteiger partial charge in [0.2, 0.25) is 0 Å². The lowest BCUT2D eigenvalue weighted by atomic mass is 10.2. The molecular formula is C8H21NSi. The molecule has 0 aromatic heterocycles. The first-order chi connectivity index (χ1) is 4.37. The van der Waals surface area contributed by atoms with Gasteiger partial charge in [0.15, 0.2) is 0 Å². The minimum atomic E-state index is -1.15. The maximum Gasteiger partial charge on any atom is 0.127 e. The Balaban J connectivity index is 4.33. The summed E-state index contributed by atoms with van der Waals surface area (Å²) < 4.78 is 0. The average molecular weight is 159 g/mol. The van der Waals surface area contributed by atoms with Gasteiger partial charge >= 0.3 is 0 Å². The largest absolute Gasteiger partial charge is 0.340 e. The molecule has 0 amide bonds. The van der Waals surface area contributed by atoms with E-state index in [0.29, 0.717) is 5.04 Å². The van der Waals surface area contributed by atoms with Crippen LogP contribution in [0.5, 0.6) is 0 Å². The summed E-state index contributed by atoms with van der Waals surface area (Å²) in [5, 5.41) is 0.483. The molecule has 62 valence electrons. The van der Waals surface area contributed by atoms with Crippen LogP contribution in [0.1, 0.15) is 27.7 Å². The monoisotopic (exact) mass is 159 g/mol. The van der Waals surface area contributed by atoms with Gasteiger partial charge in [-0.15, -0.1) is 0 Å². The molecule has 0 aliphatic heterocycles. The van der Waals surface area contributed by atoms with E-state index < -0.39 is 8.24 Å². The summed E-state index contributed by atoms with van der Waals surface area (Å²) >= 11 is 0. The third-order valence-corrected chi connectivity index (χ3v) is 8.74. The predicted octanol–water partition coefficient (Wildman–Crippen LogP) is 2.60. The van der Waals surface area contributed by atoms with Crippen LogP contribution in [-0.2, 0) is 0 Å². The van der Waals surface area contributed by atoms with Crippen molar-refractivity contribution in [2.75, 3.05) is 7.05 Å². The van der Waals surface area contributed by atoms with Crippen molar-refractivity contribution in [1.82, 2.24) is 4.98 Å². The zero-order valence-electron chi connectivity index (χ0n) is 8.21. The van der Waals surface area contributed by atoms with Crippen molar-refractivity contribution < 1.29 is 0 Å². The molecule has 0 aromatic carbocycles. The topological polar surface area (TPSA) is 12.0 Å². The van der Waals surface area contributed by atoms with Crippen LogP contribution in [0.4, 0.5) is 0 Å². The Morgan fingerprint density at radius 1 is 1.30 bits per heavy atom. The van der Waals surface area contributed by atoms with E-state index in [4.69, 9.17) is 0 Å². The van der Waals surface area contributed by atoms with Crippen LogP contribution in [0.25, 0.3) is 0 Å². The van der Waals surface area contributed by atoms with Crippen molar-refractivity contribution >= 4 is 8.24 Å². The molecular weight excluding hydrogens is 138 g/mol. The lowest BCUT2D eigenvalue weighted by Gasteiger charge is -2.38. The van der Waals surface area contributed by atoms with Crippen LogP contribution >= 0.6 is 0 Å². The molecule has 0 saturated heterocycles. The Morgan fingerprint density at radius 3 is 1.70 bits per heavy atom. The zero-order chi connectivity index (χ0) is 8.41. The molecule has 1 nitrogen and oxygen atoms in total. The first kappa shape index (κ1) is 10.2. The maximum atomic E-state index is 3.51. The number of rotatable bonds is 2. The summed E-state index contributed by atoms with van der Waals surface area (Å²) in [7, 11) is 0.949. The molecule has 0 aliphatic carbocycles. The van der Waals surface area contributed by atoms with Crippen molar-refractivity contribution in [2.24, 2.45) is 0 Å². The Morgan fingerprint density at radius 2 is 1.70 bits per heavy atom. The molecule has 0 spiro atoms. The van der Waals surface area contributed by atoms with Crippen LogP contribution in [0.3, 0.4) is 0 Å². The van der Waals surface area contributed by atoms with Gasteiger partial charge in [-0.2, -0.15) is 0 Å². The normalized spacial score (nSPS) is 18.6. The van der Waals surface area contributed by atoms with E-state index >= 15 is 0 Å². The molecule has 1 atom stereocenters. The summed E-state index contributed by atoms with van der Waals surface area (Å²) in [6.07, 6.45) is 0. The highest BCUT2D eigenvalue weighted by molar-refractivity contribution is 6.78. The molecule has 0 aliphatic rings. The first-order valence-electron chi connectivity index (χ1n) is 4.06. The first-order valence-corrected chi connectivity index (χ1v) is 6.77. The van der Waals surface area contributed by atoms with E-state index in [0.717, 1.165) is 0 Å². The molecule has 0 bridgehead atoms. The van der Waals surface area contributed by atoms with Crippen molar-refractivity contribution in [3.8, 4) is 0 Å².